The normalized spacial score (nSPS) is 9.70. The molecule has 0 aliphatic rings. The van der Waals surface area contributed by atoms with Crippen LogP contribution in [0.15, 0.2) is 10.7 Å². The number of H-pyrrole nitrogens is 1. The van der Waals surface area contributed by atoms with Crippen LogP contribution in [0.4, 0.5) is 0 Å². The molecule has 10 heavy (non-hydrogen) atoms. The maximum atomic E-state index is 5.39. The summed E-state index contributed by atoms with van der Waals surface area (Å²) in [7, 11) is 0. The zero-order valence-electron chi connectivity index (χ0n) is 4.80. The highest BCUT2D eigenvalue weighted by molar-refractivity contribution is 9.10. The lowest BCUT2D eigenvalue weighted by Gasteiger charge is -1.97. The molecule has 3 N–H and O–H groups in total. The second-order valence-electron chi connectivity index (χ2n) is 1.64. The Morgan fingerprint density at radius 1 is 1.60 bits per heavy atom. The minimum atomic E-state index is 0.410. The first-order valence-corrected chi connectivity index (χ1v) is 3.99. The number of nitrogen functional groups attached to an aromatic ring is 1. The molecule has 3 nitrogen and oxygen atoms in total. The molecule has 0 atom stereocenters. The van der Waals surface area contributed by atoms with E-state index in [9.17, 15) is 0 Å². The summed E-state index contributed by atoms with van der Waals surface area (Å²) < 4.78 is 2.99. The number of nitrogens with zero attached hydrogens (tertiary/aromatic N) is 1. The van der Waals surface area contributed by atoms with Crippen LogP contribution in [0.25, 0.3) is 0 Å². The highest BCUT2D eigenvalue weighted by atomic mass is 79.9. The molecule has 0 unspecified atom stereocenters. The summed E-state index contributed by atoms with van der Waals surface area (Å²) in [5.74, 6) is 5.39. The van der Waals surface area contributed by atoms with E-state index in [1.165, 1.54) is 4.68 Å². The van der Waals surface area contributed by atoms with Gasteiger partial charge >= 0.3 is 0 Å². The smallest absolute Gasteiger partial charge is 0.196 e. The number of halogens is 1. The van der Waals surface area contributed by atoms with Crippen molar-refractivity contribution in [2.45, 2.75) is 0 Å². The summed E-state index contributed by atoms with van der Waals surface area (Å²) in [4.78, 5) is 2.73. The molecule has 6 heteroatoms. The third-order valence-electron chi connectivity index (χ3n) is 0.924. The fraction of sp³-hybridized carbons (Fsp3) is 0. The number of aromatic amines is 1. The van der Waals surface area contributed by atoms with Gasteiger partial charge in [-0.15, -0.1) is 0 Å². The highest BCUT2D eigenvalue weighted by Gasteiger charge is 1.90. The van der Waals surface area contributed by atoms with Crippen LogP contribution >= 0.6 is 40.4 Å². The number of hydrogen-bond donors (Lipinski definition) is 2. The Kier molecular flexibility index (Phi) is 2.22. The molecule has 1 aromatic heterocycles. The molecule has 0 fully saturated rings. The van der Waals surface area contributed by atoms with Crippen molar-refractivity contribution in [3.8, 4) is 0 Å². The van der Waals surface area contributed by atoms with Gasteiger partial charge < -0.3 is 10.8 Å². The second-order valence-corrected chi connectivity index (χ2v) is 3.29. The number of rotatable bonds is 0. The fourth-order valence-corrected chi connectivity index (χ4v) is 1.15. The van der Waals surface area contributed by atoms with Crippen molar-refractivity contribution in [3.05, 3.63) is 20.1 Å². The third-order valence-corrected chi connectivity index (χ3v) is 2.42. The Morgan fingerprint density at radius 2 is 2.20 bits per heavy atom. The summed E-state index contributed by atoms with van der Waals surface area (Å²) in [6, 6.07) is 0. The van der Waals surface area contributed by atoms with Gasteiger partial charge in [0, 0.05) is 6.20 Å². The molecule has 0 aromatic carbocycles. The molecule has 0 bridgehead atoms. The topological polar surface area (TPSA) is 46.7 Å². The molecule has 0 amide bonds. The first-order valence-electron chi connectivity index (χ1n) is 2.38. The molecule has 0 aliphatic carbocycles. The highest BCUT2D eigenvalue weighted by Crippen LogP contribution is 2.07. The Hall–Kier alpha value is -0.200. The lowest BCUT2D eigenvalue weighted by Crippen LogP contribution is -2.10. The van der Waals surface area contributed by atoms with Gasteiger partial charge in [-0.25, -0.2) is 4.68 Å². The summed E-state index contributed by atoms with van der Waals surface area (Å²) in [5, 5.41) is 0. The maximum absolute atomic E-state index is 5.39. The van der Waals surface area contributed by atoms with Crippen LogP contribution in [-0.2, 0) is 0 Å². The number of nitrogens with two attached hydrogens (primary N) is 1. The molecular formula is C4H4BrN3S2. The van der Waals surface area contributed by atoms with Gasteiger partial charge in [0.2, 0.25) is 0 Å². The maximum Gasteiger partial charge on any atom is 0.196 e. The van der Waals surface area contributed by atoms with Crippen molar-refractivity contribution < 1.29 is 0 Å². The van der Waals surface area contributed by atoms with Crippen LogP contribution in [-0.4, -0.2) is 9.66 Å². The summed E-state index contributed by atoms with van der Waals surface area (Å²) >= 11 is 12.9. The molecule has 0 aliphatic heterocycles. The van der Waals surface area contributed by atoms with Gasteiger partial charge in [0.25, 0.3) is 0 Å². The van der Waals surface area contributed by atoms with Crippen molar-refractivity contribution in [3.63, 3.8) is 0 Å². The average molecular weight is 238 g/mol. The molecule has 1 aromatic rings. The van der Waals surface area contributed by atoms with Crippen LogP contribution in [0.5, 0.6) is 0 Å². The van der Waals surface area contributed by atoms with E-state index in [1.807, 2.05) is 0 Å². The molecule has 54 valence electrons. The lowest BCUT2D eigenvalue weighted by atomic mass is 10.7. The van der Waals surface area contributed by atoms with Crippen LogP contribution in [0.3, 0.4) is 0 Å². The summed E-state index contributed by atoms with van der Waals surface area (Å²) in [6.07, 6.45) is 1.61. The van der Waals surface area contributed by atoms with Crippen LogP contribution < -0.4 is 5.84 Å². The van der Waals surface area contributed by atoms with Gasteiger partial charge in [-0.05, 0) is 28.1 Å². The number of aromatic nitrogens is 2. The van der Waals surface area contributed by atoms with Crippen molar-refractivity contribution in [1.82, 2.24) is 9.66 Å². The SMILES string of the molecule is Nn1cc(Br)c(=S)[nH]c1=S. The predicted octanol–water partition coefficient (Wildman–Crippen LogP) is 1.75. The molecular weight excluding hydrogens is 234 g/mol. The molecule has 0 radical (unpaired) electrons. The molecule has 0 saturated heterocycles. The van der Waals surface area contributed by atoms with E-state index >= 15 is 0 Å². The van der Waals surface area contributed by atoms with Gasteiger partial charge in [-0.2, -0.15) is 0 Å². The fourth-order valence-electron chi connectivity index (χ4n) is 0.461. The Bertz CT molecular complexity index is 321. The first-order chi connectivity index (χ1) is 4.61. The van der Waals surface area contributed by atoms with Crippen molar-refractivity contribution in [1.29, 1.82) is 0 Å². The van der Waals surface area contributed by atoms with E-state index in [0.29, 0.717) is 9.41 Å². The van der Waals surface area contributed by atoms with Gasteiger partial charge in [-0.1, -0.05) is 12.2 Å². The minimum Gasteiger partial charge on any atom is -0.337 e. The van der Waals surface area contributed by atoms with Crippen molar-refractivity contribution >= 4 is 40.4 Å². The molecule has 0 spiro atoms. The van der Waals surface area contributed by atoms with Gasteiger partial charge in [0.15, 0.2) is 4.77 Å². The van der Waals surface area contributed by atoms with E-state index < -0.39 is 0 Å². The van der Waals surface area contributed by atoms with Gasteiger partial charge in [0.05, 0.1) is 4.47 Å². The predicted molar refractivity (Wildman–Crippen MR) is 48.3 cm³/mol. The minimum absolute atomic E-state index is 0.410. The zero-order chi connectivity index (χ0) is 7.72. The standard InChI is InChI=1S/C4H4BrN3S2/c5-2-1-8(6)4(10)7-3(2)9/h1H,6H2,(H,7,9,10). The Balaban J connectivity index is 3.59. The molecule has 0 saturated carbocycles. The van der Waals surface area contributed by atoms with Gasteiger partial charge in [-0.3, -0.25) is 0 Å². The van der Waals surface area contributed by atoms with Crippen LogP contribution in [0, 0.1) is 9.41 Å². The first kappa shape index (κ1) is 7.90. The van der Waals surface area contributed by atoms with E-state index in [0.717, 1.165) is 4.47 Å². The monoisotopic (exact) mass is 237 g/mol. The summed E-state index contributed by atoms with van der Waals surface area (Å²) in [6.45, 7) is 0. The number of nitrogens with one attached hydrogen (secondary N) is 1. The largest absolute Gasteiger partial charge is 0.337 e. The van der Waals surface area contributed by atoms with Crippen molar-refractivity contribution in [2.24, 2.45) is 0 Å². The zero-order valence-corrected chi connectivity index (χ0v) is 8.02. The Morgan fingerprint density at radius 3 is 2.70 bits per heavy atom. The van der Waals surface area contributed by atoms with Crippen molar-refractivity contribution in [2.75, 3.05) is 5.84 Å². The van der Waals surface area contributed by atoms with Crippen LogP contribution in [0.2, 0.25) is 0 Å². The van der Waals surface area contributed by atoms with E-state index in [2.05, 4.69) is 20.9 Å². The number of hydrogen-bond acceptors (Lipinski definition) is 3. The lowest BCUT2D eigenvalue weighted by molar-refractivity contribution is 0.897. The van der Waals surface area contributed by atoms with E-state index in [1.54, 1.807) is 6.20 Å². The van der Waals surface area contributed by atoms with Crippen LogP contribution in [0.1, 0.15) is 0 Å². The van der Waals surface area contributed by atoms with Gasteiger partial charge in [0.1, 0.15) is 4.64 Å². The average Bonchev–Trinajstić information content (AvgIpc) is 1.84. The van der Waals surface area contributed by atoms with E-state index in [-0.39, 0.29) is 0 Å². The third kappa shape index (κ3) is 1.44. The second kappa shape index (κ2) is 2.81. The molecule has 1 heterocycles. The quantitative estimate of drug-likeness (QED) is 0.534. The Labute approximate surface area is 76.0 Å². The van der Waals surface area contributed by atoms with E-state index in [4.69, 9.17) is 30.3 Å². The summed E-state index contributed by atoms with van der Waals surface area (Å²) in [5.41, 5.74) is 0. The molecule has 1 rings (SSSR count).